The molecule has 12 heteroatoms. The van der Waals surface area contributed by atoms with E-state index in [-0.39, 0.29) is 42.0 Å². The number of nitrogens with two attached hydrogens (primary N) is 1. The number of esters is 1. The minimum atomic E-state index is -0.621. The van der Waals surface area contributed by atoms with Gasteiger partial charge >= 0.3 is 5.97 Å². The number of hydrogen-bond acceptors (Lipinski definition) is 11. The predicted molar refractivity (Wildman–Crippen MR) is 161 cm³/mol. The summed E-state index contributed by atoms with van der Waals surface area (Å²) in [7, 11) is 2.09. The number of carbonyl (C=O) groups is 2. The number of nitriles is 1. The van der Waals surface area contributed by atoms with Crippen molar-refractivity contribution in [3.05, 3.63) is 76.5 Å². The summed E-state index contributed by atoms with van der Waals surface area (Å²) in [5.74, 6) is 0.428. The summed E-state index contributed by atoms with van der Waals surface area (Å²) in [6.07, 6.45) is 0. The molecule has 4 aromatic rings. The predicted octanol–water partition coefficient (Wildman–Crippen LogP) is 3.44. The lowest BCUT2D eigenvalue weighted by Gasteiger charge is -2.33. The van der Waals surface area contributed by atoms with Crippen molar-refractivity contribution in [1.29, 1.82) is 5.26 Å². The summed E-state index contributed by atoms with van der Waals surface area (Å²) in [6.45, 7) is 7.29. The first kappa shape index (κ1) is 29.2. The van der Waals surface area contributed by atoms with Crippen molar-refractivity contribution in [2.45, 2.75) is 20.4 Å². The van der Waals surface area contributed by atoms with Gasteiger partial charge in [0.25, 0.3) is 5.91 Å². The maximum atomic E-state index is 13.1. The third kappa shape index (κ3) is 6.63. The van der Waals surface area contributed by atoms with Gasteiger partial charge in [0.15, 0.2) is 0 Å². The third-order valence-corrected chi connectivity index (χ3v) is 7.05. The Balaban J connectivity index is 1.30. The van der Waals surface area contributed by atoms with Crippen LogP contribution in [0.15, 0.2) is 48.5 Å². The number of nitrogens with one attached hydrogen (secondary N) is 1. The molecule has 1 amide bonds. The van der Waals surface area contributed by atoms with Crippen LogP contribution in [0.3, 0.4) is 0 Å². The molecule has 0 aliphatic carbocycles. The van der Waals surface area contributed by atoms with Crippen LogP contribution in [0, 0.1) is 18.3 Å². The number of aryl methyl sites for hydroxylation is 1. The monoisotopic (exact) mass is 580 g/mol. The maximum Gasteiger partial charge on any atom is 0.339 e. The van der Waals surface area contributed by atoms with Gasteiger partial charge in [0, 0.05) is 49.4 Å². The van der Waals surface area contributed by atoms with E-state index in [1.54, 1.807) is 44.2 Å². The summed E-state index contributed by atoms with van der Waals surface area (Å²) in [5.41, 5.74) is 8.41. The Kier molecular flexibility index (Phi) is 8.64. The summed E-state index contributed by atoms with van der Waals surface area (Å²) in [6, 6.07) is 15.9. The third-order valence-electron chi connectivity index (χ3n) is 7.05. The average Bonchev–Trinajstić information content (AvgIpc) is 2.99. The Morgan fingerprint density at radius 2 is 1.86 bits per heavy atom. The van der Waals surface area contributed by atoms with Crippen LogP contribution in [0.5, 0.6) is 11.6 Å². The number of piperazine rings is 1. The fraction of sp³-hybridized carbons (Fsp3) is 0.290. The van der Waals surface area contributed by atoms with Crippen LogP contribution in [0.4, 0.5) is 11.8 Å². The number of fused-ring (bicyclic) bond motifs is 1. The maximum absolute atomic E-state index is 13.1. The molecular formula is C31H32N8O4. The van der Waals surface area contributed by atoms with Crippen LogP contribution in [0.25, 0.3) is 10.9 Å². The molecule has 220 valence electrons. The van der Waals surface area contributed by atoms with Gasteiger partial charge in [-0.25, -0.2) is 14.8 Å². The van der Waals surface area contributed by atoms with E-state index >= 15 is 0 Å². The first-order valence-corrected chi connectivity index (χ1v) is 13.9. The molecule has 0 unspecified atom stereocenters. The number of likely N-dealkylation sites (N-methyl/N-ethyl adjacent to an activating group) is 1. The van der Waals surface area contributed by atoms with Crippen LogP contribution < -0.4 is 20.7 Å². The van der Waals surface area contributed by atoms with Crippen LogP contribution in [-0.4, -0.2) is 71.6 Å². The van der Waals surface area contributed by atoms with Gasteiger partial charge in [-0.2, -0.15) is 10.2 Å². The highest BCUT2D eigenvalue weighted by molar-refractivity contribution is 6.00. The van der Waals surface area contributed by atoms with Crippen molar-refractivity contribution in [3.63, 3.8) is 0 Å². The molecule has 2 aromatic carbocycles. The number of rotatable bonds is 8. The highest BCUT2D eigenvalue weighted by Gasteiger charge is 2.21. The van der Waals surface area contributed by atoms with E-state index in [4.69, 9.17) is 15.2 Å². The molecule has 1 fully saturated rings. The van der Waals surface area contributed by atoms with Gasteiger partial charge in [-0.15, -0.1) is 0 Å². The van der Waals surface area contributed by atoms with Crippen LogP contribution in [-0.2, 0) is 11.3 Å². The molecule has 0 radical (unpaired) electrons. The number of hydrogen-bond donors (Lipinski definition) is 2. The minimum absolute atomic E-state index is 0.000100. The molecule has 1 aliphatic heterocycles. The number of pyridine rings is 1. The normalized spacial score (nSPS) is 13.4. The molecule has 3 heterocycles. The van der Waals surface area contributed by atoms with E-state index < -0.39 is 5.97 Å². The first-order valence-electron chi connectivity index (χ1n) is 13.9. The van der Waals surface area contributed by atoms with Gasteiger partial charge in [-0.1, -0.05) is 12.1 Å². The van der Waals surface area contributed by atoms with Crippen molar-refractivity contribution in [1.82, 2.24) is 25.2 Å². The average molecular weight is 581 g/mol. The van der Waals surface area contributed by atoms with Gasteiger partial charge in [-0.3, -0.25) is 4.79 Å². The lowest BCUT2D eigenvalue weighted by atomic mass is 10.1. The summed E-state index contributed by atoms with van der Waals surface area (Å²) >= 11 is 0. The second-order valence-corrected chi connectivity index (χ2v) is 10.2. The van der Waals surface area contributed by atoms with Crippen molar-refractivity contribution in [2.75, 3.05) is 50.5 Å². The van der Waals surface area contributed by atoms with E-state index in [9.17, 15) is 14.9 Å². The standard InChI is InChI=1S/C31H32N8O4/c1-4-42-30(41)24-14-19(2)35-29(25(24)17-32)43-22-7-5-6-20(15-22)18-34-28(40)21-8-9-23-26(16-21)36-31(33)37-27(23)39-12-10-38(3)11-13-39/h5-9,14-16H,4,10-13,18H2,1-3H3,(H,34,40)(H2,33,36,37). The van der Waals surface area contributed by atoms with E-state index in [1.807, 2.05) is 18.2 Å². The molecule has 3 N–H and O–H groups in total. The lowest BCUT2D eigenvalue weighted by Crippen LogP contribution is -2.45. The molecular weight excluding hydrogens is 548 g/mol. The van der Waals surface area contributed by atoms with Crippen molar-refractivity contribution < 1.29 is 19.1 Å². The number of nitrogen functional groups attached to an aromatic ring is 1. The molecule has 43 heavy (non-hydrogen) atoms. The number of benzene rings is 2. The zero-order valence-electron chi connectivity index (χ0n) is 24.3. The summed E-state index contributed by atoms with van der Waals surface area (Å²) in [4.78, 5) is 43.1. The fourth-order valence-electron chi connectivity index (χ4n) is 4.84. The second kappa shape index (κ2) is 12.7. The SMILES string of the molecule is CCOC(=O)c1cc(C)nc(Oc2cccc(CNC(=O)c3ccc4c(N5CCN(C)CC5)nc(N)nc4c3)c2)c1C#N. The number of ether oxygens (including phenoxy) is 2. The fourth-order valence-corrected chi connectivity index (χ4v) is 4.84. The Morgan fingerprint density at radius 3 is 2.60 bits per heavy atom. The molecule has 1 saturated heterocycles. The van der Waals surface area contributed by atoms with Crippen molar-refractivity contribution >= 4 is 34.5 Å². The number of nitrogens with zero attached hydrogens (tertiary/aromatic N) is 6. The van der Waals surface area contributed by atoms with E-state index in [1.165, 1.54) is 6.07 Å². The molecule has 0 spiro atoms. The Bertz CT molecular complexity index is 1730. The van der Waals surface area contributed by atoms with E-state index in [0.717, 1.165) is 42.9 Å². The molecule has 0 atom stereocenters. The Labute approximate surface area is 249 Å². The summed E-state index contributed by atoms with van der Waals surface area (Å²) in [5, 5.41) is 13.5. The number of anilines is 2. The zero-order chi connectivity index (χ0) is 30.5. The van der Waals surface area contributed by atoms with Crippen LogP contribution in [0.2, 0.25) is 0 Å². The molecule has 0 bridgehead atoms. The smallest absolute Gasteiger partial charge is 0.339 e. The molecule has 2 aromatic heterocycles. The van der Waals surface area contributed by atoms with Gasteiger partial charge in [0.1, 0.15) is 23.2 Å². The number of aromatic nitrogens is 3. The van der Waals surface area contributed by atoms with Crippen LogP contribution in [0.1, 0.15) is 44.5 Å². The minimum Gasteiger partial charge on any atom is -0.462 e. The van der Waals surface area contributed by atoms with Crippen molar-refractivity contribution in [2.24, 2.45) is 0 Å². The number of carbonyl (C=O) groups excluding carboxylic acids is 2. The largest absolute Gasteiger partial charge is 0.462 e. The lowest BCUT2D eigenvalue weighted by molar-refractivity contribution is 0.0525. The molecule has 1 aliphatic rings. The topological polar surface area (TPSA) is 160 Å². The van der Waals surface area contributed by atoms with Crippen LogP contribution >= 0.6 is 0 Å². The Hall–Kier alpha value is -5.28. The van der Waals surface area contributed by atoms with E-state index in [2.05, 4.69) is 37.1 Å². The van der Waals surface area contributed by atoms with Gasteiger partial charge in [0.05, 0.1) is 17.7 Å². The highest BCUT2D eigenvalue weighted by atomic mass is 16.5. The highest BCUT2D eigenvalue weighted by Crippen LogP contribution is 2.28. The summed E-state index contributed by atoms with van der Waals surface area (Å²) < 4.78 is 11.0. The quantitative estimate of drug-likeness (QED) is 0.294. The van der Waals surface area contributed by atoms with Crippen molar-refractivity contribution in [3.8, 4) is 17.7 Å². The second-order valence-electron chi connectivity index (χ2n) is 10.2. The number of amides is 1. The Morgan fingerprint density at radius 1 is 1.07 bits per heavy atom. The van der Waals surface area contributed by atoms with E-state index in [0.29, 0.717) is 22.5 Å². The van der Waals surface area contributed by atoms with Gasteiger partial charge in [-0.05, 0) is 62.9 Å². The van der Waals surface area contributed by atoms with Gasteiger partial charge in [0.2, 0.25) is 11.8 Å². The zero-order valence-corrected chi connectivity index (χ0v) is 24.3. The first-order chi connectivity index (χ1) is 20.7. The molecule has 12 nitrogen and oxygen atoms in total. The molecule has 0 saturated carbocycles. The van der Waals surface area contributed by atoms with Gasteiger partial charge < -0.3 is 30.3 Å². The molecule has 5 rings (SSSR count).